The fourth-order valence-electron chi connectivity index (χ4n) is 1.62. The highest BCUT2D eigenvalue weighted by Crippen LogP contribution is 2.02. The monoisotopic (exact) mass is 329 g/mol. The summed E-state index contributed by atoms with van der Waals surface area (Å²) in [6.45, 7) is 6.47. The minimum Gasteiger partial charge on any atom is -0.355 e. The quantitative estimate of drug-likeness (QED) is 0.605. The number of amides is 1. The number of carbonyl (C=O) groups excluding carboxylic acids is 1. The normalized spacial score (nSPS) is 13.2. The molecule has 0 aromatic carbocycles. The van der Waals surface area contributed by atoms with Gasteiger partial charge >= 0.3 is 0 Å². The van der Waals surface area contributed by atoms with E-state index < -0.39 is 16.1 Å². The first-order valence-corrected chi connectivity index (χ1v) is 8.29. The highest BCUT2D eigenvalue weighted by molar-refractivity contribution is 7.89. The molecule has 0 aromatic rings. The molecule has 0 radical (unpaired) electrons. The molecule has 20 heavy (non-hydrogen) atoms. The number of hydrogen-bond donors (Lipinski definition) is 2. The van der Waals surface area contributed by atoms with Gasteiger partial charge in [0.15, 0.2) is 0 Å². The molecule has 8 heteroatoms. The van der Waals surface area contributed by atoms with Gasteiger partial charge in [-0.05, 0) is 25.7 Å². The summed E-state index contributed by atoms with van der Waals surface area (Å²) in [6, 6.07) is -0.489. The van der Waals surface area contributed by atoms with Crippen LogP contribution in [-0.4, -0.2) is 50.6 Å². The topological polar surface area (TPSA) is 92.5 Å². The molecule has 0 aliphatic heterocycles. The largest absolute Gasteiger partial charge is 0.355 e. The Bertz CT molecular complexity index is 374. The lowest BCUT2D eigenvalue weighted by Crippen LogP contribution is -2.42. The Kier molecular flexibility index (Phi) is 11.4. The smallest absolute Gasteiger partial charge is 0.236 e. The van der Waals surface area contributed by atoms with Crippen LogP contribution in [0.15, 0.2) is 0 Å². The number of nitrogens with two attached hydrogens (primary N) is 1. The number of rotatable bonds is 9. The number of hydrogen-bond acceptors (Lipinski definition) is 4. The summed E-state index contributed by atoms with van der Waals surface area (Å²) >= 11 is 0. The van der Waals surface area contributed by atoms with Crippen molar-refractivity contribution in [1.29, 1.82) is 0 Å². The first-order valence-electron chi connectivity index (χ1n) is 6.68. The molecular formula is C12H28ClN3O3S. The molecule has 0 bridgehead atoms. The molecule has 6 nitrogen and oxygen atoms in total. The fourth-order valence-corrected chi connectivity index (χ4v) is 2.47. The second kappa shape index (κ2) is 10.4. The van der Waals surface area contributed by atoms with E-state index >= 15 is 0 Å². The predicted molar refractivity (Wildman–Crippen MR) is 84.4 cm³/mol. The number of nitrogens with zero attached hydrogens (tertiary/aromatic N) is 1. The van der Waals surface area contributed by atoms with Gasteiger partial charge in [-0.15, -0.1) is 12.4 Å². The van der Waals surface area contributed by atoms with Gasteiger partial charge in [-0.1, -0.05) is 13.8 Å². The summed E-state index contributed by atoms with van der Waals surface area (Å²) in [5.74, 6) is 0.297. The van der Waals surface area contributed by atoms with E-state index in [2.05, 4.69) is 5.32 Å². The van der Waals surface area contributed by atoms with E-state index in [1.54, 1.807) is 14.0 Å². The lowest BCUT2D eigenvalue weighted by molar-refractivity contribution is -0.122. The first-order chi connectivity index (χ1) is 8.70. The molecule has 0 aliphatic carbocycles. The van der Waals surface area contributed by atoms with Crippen LogP contribution in [0.1, 0.15) is 33.6 Å². The van der Waals surface area contributed by atoms with E-state index in [-0.39, 0.29) is 24.1 Å². The van der Waals surface area contributed by atoms with Crippen molar-refractivity contribution in [2.45, 2.75) is 39.7 Å². The van der Waals surface area contributed by atoms with Crippen LogP contribution in [0.25, 0.3) is 0 Å². The summed E-state index contributed by atoms with van der Waals surface area (Å²) in [5.41, 5.74) is 5.73. The molecule has 1 amide bonds. The van der Waals surface area contributed by atoms with E-state index in [1.165, 1.54) is 4.31 Å². The Labute approximate surface area is 128 Å². The highest BCUT2D eigenvalue weighted by atomic mass is 35.5. The van der Waals surface area contributed by atoms with Crippen LogP contribution in [0.3, 0.4) is 0 Å². The predicted octanol–water partition coefficient (Wildman–Crippen LogP) is 0.569. The second-order valence-electron chi connectivity index (χ2n) is 5.10. The van der Waals surface area contributed by atoms with Crippen molar-refractivity contribution in [1.82, 2.24) is 9.62 Å². The average Bonchev–Trinajstić information content (AvgIpc) is 2.32. The van der Waals surface area contributed by atoms with Crippen LogP contribution in [0.2, 0.25) is 0 Å². The summed E-state index contributed by atoms with van der Waals surface area (Å²) in [6.07, 6.45) is 1.23. The maximum absolute atomic E-state index is 11.6. The number of nitrogens with one attached hydrogen (secondary N) is 1. The maximum atomic E-state index is 11.6. The third kappa shape index (κ3) is 8.73. The third-order valence-corrected chi connectivity index (χ3v) is 4.71. The molecule has 1 atom stereocenters. The molecule has 0 saturated heterocycles. The Morgan fingerprint density at radius 2 is 1.90 bits per heavy atom. The zero-order valence-corrected chi connectivity index (χ0v) is 14.4. The third-order valence-electron chi connectivity index (χ3n) is 2.85. The zero-order valence-electron chi connectivity index (χ0n) is 12.8. The van der Waals surface area contributed by atoms with Crippen LogP contribution in [-0.2, 0) is 14.8 Å². The van der Waals surface area contributed by atoms with Gasteiger partial charge in [-0.2, -0.15) is 0 Å². The standard InChI is InChI=1S/C12H27N3O3S.ClH/c1-5-19(17,18)15(4)8-6-7-14-12(16)11(13)9-10(2)3;/h10-11H,5-9,13H2,1-4H3,(H,14,16);1H/t11-;/m0./s1. The highest BCUT2D eigenvalue weighted by Gasteiger charge is 2.16. The number of sulfonamides is 1. The second-order valence-corrected chi connectivity index (χ2v) is 7.47. The minimum absolute atomic E-state index is 0. The van der Waals surface area contributed by atoms with Crippen LogP contribution in [0, 0.1) is 5.92 Å². The van der Waals surface area contributed by atoms with Crippen molar-refractivity contribution in [3.63, 3.8) is 0 Å². The van der Waals surface area contributed by atoms with Gasteiger partial charge in [0.1, 0.15) is 0 Å². The Morgan fingerprint density at radius 1 is 1.35 bits per heavy atom. The van der Waals surface area contributed by atoms with E-state index in [0.717, 1.165) is 0 Å². The SMILES string of the molecule is CCS(=O)(=O)N(C)CCCNC(=O)[C@@H](N)CC(C)C.Cl. The molecular weight excluding hydrogens is 302 g/mol. The van der Waals surface area contributed by atoms with Crippen LogP contribution < -0.4 is 11.1 Å². The molecule has 0 spiro atoms. The van der Waals surface area contributed by atoms with Crippen LogP contribution >= 0.6 is 12.4 Å². The molecule has 122 valence electrons. The Hall–Kier alpha value is -0.370. The molecule has 3 N–H and O–H groups in total. The van der Waals surface area contributed by atoms with Gasteiger partial charge in [-0.3, -0.25) is 4.79 Å². The summed E-state index contributed by atoms with van der Waals surface area (Å²) < 4.78 is 24.3. The van der Waals surface area contributed by atoms with E-state index in [1.807, 2.05) is 13.8 Å². The molecule has 0 saturated carbocycles. The maximum Gasteiger partial charge on any atom is 0.236 e. The molecule has 0 heterocycles. The van der Waals surface area contributed by atoms with Gasteiger partial charge in [-0.25, -0.2) is 12.7 Å². The van der Waals surface area contributed by atoms with Crippen molar-refractivity contribution in [2.24, 2.45) is 11.7 Å². The lowest BCUT2D eigenvalue weighted by atomic mass is 10.0. The van der Waals surface area contributed by atoms with Gasteiger partial charge in [0, 0.05) is 20.1 Å². The van der Waals surface area contributed by atoms with Gasteiger partial charge in [0.2, 0.25) is 15.9 Å². The first kappa shape index (κ1) is 21.9. The molecule has 0 aliphatic rings. The minimum atomic E-state index is -3.14. The van der Waals surface area contributed by atoms with Crippen molar-refractivity contribution in [3.05, 3.63) is 0 Å². The number of carbonyl (C=O) groups is 1. The van der Waals surface area contributed by atoms with Crippen molar-refractivity contribution < 1.29 is 13.2 Å². The van der Waals surface area contributed by atoms with Crippen molar-refractivity contribution in [2.75, 3.05) is 25.9 Å². The zero-order chi connectivity index (χ0) is 15.1. The summed E-state index contributed by atoms with van der Waals surface area (Å²) in [7, 11) is -1.59. The lowest BCUT2D eigenvalue weighted by Gasteiger charge is -2.17. The summed E-state index contributed by atoms with van der Waals surface area (Å²) in [5, 5.41) is 2.73. The van der Waals surface area contributed by atoms with E-state index in [4.69, 9.17) is 5.73 Å². The van der Waals surface area contributed by atoms with Crippen LogP contribution in [0.5, 0.6) is 0 Å². The molecule has 0 fully saturated rings. The van der Waals surface area contributed by atoms with Gasteiger partial charge < -0.3 is 11.1 Å². The van der Waals surface area contributed by atoms with Gasteiger partial charge in [0.05, 0.1) is 11.8 Å². The van der Waals surface area contributed by atoms with E-state index in [9.17, 15) is 13.2 Å². The van der Waals surface area contributed by atoms with Crippen LogP contribution in [0.4, 0.5) is 0 Å². The number of halogens is 1. The molecule has 0 aromatic heterocycles. The summed E-state index contributed by atoms with van der Waals surface area (Å²) in [4.78, 5) is 11.6. The van der Waals surface area contributed by atoms with E-state index in [0.29, 0.717) is 31.8 Å². The Balaban J connectivity index is 0. The Morgan fingerprint density at radius 3 is 2.35 bits per heavy atom. The fraction of sp³-hybridized carbons (Fsp3) is 0.917. The molecule has 0 rings (SSSR count). The molecule has 0 unspecified atom stereocenters. The van der Waals surface area contributed by atoms with Gasteiger partial charge in [0.25, 0.3) is 0 Å². The van der Waals surface area contributed by atoms with Crippen molar-refractivity contribution in [3.8, 4) is 0 Å². The van der Waals surface area contributed by atoms with Crippen molar-refractivity contribution >= 4 is 28.3 Å². The average molecular weight is 330 g/mol.